The second kappa shape index (κ2) is 12.3. The van der Waals surface area contributed by atoms with E-state index in [9.17, 15) is 9.90 Å². The van der Waals surface area contributed by atoms with Crippen LogP contribution in [0.15, 0.2) is 59.9 Å². The molecule has 1 aromatic carbocycles. The third kappa shape index (κ3) is 6.51. The third-order valence-corrected chi connectivity index (χ3v) is 7.72. The Balaban J connectivity index is 1.36. The van der Waals surface area contributed by atoms with Crippen LogP contribution in [0.3, 0.4) is 0 Å². The van der Waals surface area contributed by atoms with Crippen LogP contribution >= 0.6 is 11.8 Å². The average molecular weight is 496 g/mol. The van der Waals surface area contributed by atoms with Crippen LogP contribution in [0.25, 0.3) is 10.9 Å². The summed E-state index contributed by atoms with van der Waals surface area (Å²) in [5, 5.41) is 13.0. The molecular formula is C27H33N3O4S. The molecule has 1 unspecified atom stereocenters. The molecule has 0 radical (unpaired) electrons. The van der Waals surface area contributed by atoms with Crippen molar-refractivity contribution in [2.24, 2.45) is 11.8 Å². The van der Waals surface area contributed by atoms with Crippen molar-refractivity contribution in [1.29, 1.82) is 0 Å². The Morgan fingerprint density at radius 1 is 1.20 bits per heavy atom. The van der Waals surface area contributed by atoms with Gasteiger partial charge in [-0.15, -0.1) is 11.8 Å². The zero-order valence-corrected chi connectivity index (χ0v) is 21.1. The number of carbonyl (C=O) groups is 1. The number of ether oxygens (including phenoxy) is 2. The van der Waals surface area contributed by atoms with Crippen LogP contribution in [-0.2, 0) is 9.53 Å². The van der Waals surface area contributed by atoms with Gasteiger partial charge in [-0.2, -0.15) is 0 Å². The number of rotatable bonds is 10. The predicted molar refractivity (Wildman–Crippen MR) is 138 cm³/mol. The van der Waals surface area contributed by atoms with Crippen molar-refractivity contribution < 1.29 is 19.4 Å². The standard InChI is InChI=1S/C27H33N3O4S/c1-33-20-7-8-24-22(17-20)21(10-13-28-24)25(31)9-6-19-11-14-30(18-23(19)27(32)34-2)15-16-35-26-5-3-4-12-29-26/h3-5,7-8,10,12-13,17,19,23,25,31H,6,9,11,14-16,18H2,1-2H3/t19-,23+,25?/m1/s1. The van der Waals surface area contributed by atoms with Crippen LogP contribution in [0.4, 0.5) is 0 Å². The van der Waals surface area contributed by atoms with E-state index in [2.05, 4.69) is 14.9 Å². The number of hydrogen-bond acceptors (Lipinski definition) is 8. The summed E-state index contributed by atoms with van der Waals surface area (Å²) >= 11 is 1.73. The van der Waals surface area contributed by atoms with Gasteiger partial charge in [0, 0.05) is 36.6 Å². The highest BCUT2D eigenvalue weighted by Crippen LogP contribution is 2.34. The molecule has 0 bridgehead atoms. The largest absolute Gasteiger partial charge is 0.497 e. The molecule has 3 heterocycles. The Morgan fingerprint density at radius 2 is 2.09 bits per heavy atom. The van der Waals surface area contributed by atoms with Gasteiger partial charge >= 0.3 is 5.97 Å². The van der Waals surface area contributed by atoms with Crippen molar-refractivity contribution in [3.63, 3.8) is 0 Å². The Kier molecular flexibility index (Phi) is 8.95. The van der Waals surface area contributed by atoms with Crippen molar-refractivity contribution >= 4 is 28.6 Å². The van der Waals surface area contributed by atoms with Gasteiger partial charge in [-0.1, -0.05) is 6.07 Å². The minimum atomic E-state index is -0.640. The Hall–Kier alpha value is -2.68. The van der Waals surface area contributed by atoms with Gasteiger partial charge in [0.05, 0.1) is 36.8 Å². The maximum absolute atomic E-state index is 12.6. The quantitative estimate of drug-likeness (QED) is 0.328. The third-order valence-electron chi connectivity index (χ3n) is 6.79. The first-order valence-electron chi connectivity index (χ1n) is 12.0. The number of aromatic nitrogens is 2. The summed E-state index contributed by atoms with van der Waals surface area (Å²) in [6, 6.07) is 13.5. The topological polar surface area (TPSA) is 84.8 Å². The van der Waals surface area contributed by atoms with Crippen molar-refractivity contribution in [2.45, 2.75) is 30.4 Å². The molecule has 0 spiro atoms. The van der Waals surface area contributed by atoms with Gasteiger partial charge in [0.25, 0.3) is 0 Å². The number of thioether (sulfide) groups is 1. The molecule has 8 heteroatoms. The highest BCUT2D eigenvalue weighted by atomic mass is 32.2. The summed E-state index contributed by atoms with van der Waals surface area (Å²) in [7, 11) is 3.09. The van der Waals surface area contributed by atoms with E-state index in [-0.39, 0.29) is 17.8 Å². The van der Waals surface area contributed by atoms with Crippen LogP contribution in [-0.4, -0.2) is 65.6 Å². The molecule has 1 aliphatic rings. The molecular weight excluding hydrogens is 462 g/mol. The number of nitrogens with zero attached hydrogens (tertiary/aromatic N) is 3. The fourth-order valence-corrected chi connectivity index (χ4v) is 5.71. The molecule has 1 aliphatic heterocycles. The first kappa shape index (κ1) is 25.4. The molecule has 1 saturated heterocycles. The summed E-state index contributed by atoms with van der Waals surface area (Å²) in [6.07, 6.45) is 5.13. The minimum absolute atomic E-state index is 0.161. The lowest BCUT2D eigenvalue weighted by atomic mass is 9.81. The smallest absolute Gasteiger partial charge is 0.310 e. The van der Waals surface area contributed by atoms with Crippen LogP contribution in [0.1, 0.15) is 30.9 Å². The van der Waals surface area contributed by atoms with E-state index in [0.717, 1.165) is 58.9 Å². The number of esters is 1. The number of pyridine rings is 2. The number of piperidine rings is 1. The van der Waals surface area contributed by atoms with E-state index in [1.165, 1.54) is 7.11 Å². The van der Waals surface area contributed by atoms with Gasteiger partial charge in [0.2, 0.25) is 0 Å². The molecule has 2 aromatic heterocycles. The zero-order chi connectivity index (χ0) is 24.6. The number of carbonyl (C=O) groups excluding carboxylic acids is 1. The fraction of sp³-hybridized carbons (Fsp3) is 0.444. The lowest BCUT2D eigenvalue weighted by Crippen LogP contribution is -2.45. The zero-order valence-electron chi connectivity index (χ0n) is 20.3. The van der Waals surface area contributed by atoms with Gasteiger partial charge in [0.1, 0.15) is 5.75 Å². The second-order valence-electron chi connectivity index (χ2n) is 8.87. The Morgan fingerprint density at radius 3 is 2.86 bits per heavy atom. The van der Waals surface area contributed by atoms with E-state index < -0.39 is 6.10 Å². The maximum atomic E-state index is 12.6. The second-order valence-corrected chi connectivity index (χ2v) is 9.99. The van der Waals surface area contributed by atoms with Crippen molar-refractivity contribution in [3.05, 3.63) is 60.4 Å². The van der Waals surface area contributed by atoms with Crippen molar-refractivity contribution in [1.82, 2.24) is 14.9 Å². The van der Waals surface area contributed by atoms with Gasteiger partial charge in [-0.05, 0) is 73.7 Å². The molecule has 7 nitrogen and oxygen atoms in total. The van der Waals surface area contributed by atoms with E-state index in [0.29, 0.717) is 13.0 Å². The summed E-state index contributed by atoms with van der Waals surface area (Å²) in [5.41, 5.74) is 1.67. The number of aliphatic hydroxyl groups excluding tert-OH is 1. The summed E-state index contributed by atoms with van der Waals surface area (Å²) < 4.78 is 10.5. The van der Waals surface area contributed by atoms with Crippen LogP contribution in [0, 0.1) is 11.8 Å². The van der Waals surface area contributed by atoms with E-state index in [4.69, 9.17) is 9.47 Å². The molecule has 0 amide bonds. The highest BCUT2D eigenvalue weighted by Gasteiger charge is 2.35. The normalized spacial score (nSPS) is 19.4. The number of hydrogen-bond donors (Lipinski definition) is 1. The molecule has 1 N–H and O–H groups in total. The molecule has 186 valence electrons. The monoisotopic (exact) mass is 495 g/mol. The fourth-order valence-electron chi connectivity index (χ4n) is 4.84. The molecule has 0 aliphatic carbocycles. The molecule has 1 fully saturated rings. The number of methoxy groups -OCH3 is 2. The molecule has 35 heavy (non-hydrogen) atoms. The van der Waals surface area contributed by atoms with Gasteiger partial charge in [-0.3, -0.25) is 9.78 Å². The highest BCUT2D eigenvalue weighted by molar-refractivity contribution is 7.99. The average Bonchev–Trinajstić information content (AvgIpc) is 2.91. The van der Waals surface area contributed by atoms with Crippen molar-refractivity contribution in [2.75, 3.05) is 39.6 Å². The lowest BCUT2D eigenvalue weighted by molar-refractivity contribution is -0.150. The summed E-state index contributed by atoms with van der Waals surface area (Å²) in [5.74, 6) is 1.49. The molecule has 3 atom stereocenters. The maximum Gasteiger partial charge on any atom is 0.310 e. The lowest BCUT2D eigenvalue weighted by Gasteiger charge is -2.37. The van der Waals surface area contributed by atoms with E-state index in [1.807, 2.05) is 42.5 Å². The van der Waals surface area contributed by atoms with E-state index in [1.54, 1.807) is 31.3 Å². The minimum Gasteiger partial charge on any atom is -0.497 e. The molecule has 4 rings (SSSR count). The van der Waals surface area contributed by atoms with Crippen LogP contribution in [0.5, 0.6) is 5.75 Å². The predicted octanol–water partition coefficient (Wildman–Crippen LogP) is 4.36. The molecule has 0 saturated carbocycles. The van der Waals surface area contributed by atoms with Gasteiger partial charge in [0.15, 0.2) is 0 Å². The number of likely N-dealkylation sites (tertiary alicyclic amines) is 1. The van der Waals surface area contributed by atoms with Crippen molar-refractivity contribution in [3.8, 4) is 5.75 Å². The Bertz CT molecular complexity index is 1110. The summed E-state index contributed by atoms with van der Waals surface area (Å²) in [6.45, 7) is 2.52. The first-order chi connectivity index (χ1) is 17.1. The van der Waals surface area contributed by atoms with Gasteiger partial charge < -0.3 is 19.5 Å². The first-order valence-corrected chi connectivity index (χ1v) is 13.0. The SMILES string of the molecule is COC(=O)[C@H]1CN(CCSc2ccccn2)CC[C@H]1CCC(O)c1ccnc2ccc(OC)cc12. The van der Waals surface area contributed by atoms with Crippen LogP contribution < -0.4 is 4.74 Å². The number of fused-ring (bicyclic) bond motifs is 1. The van der Waals surface area contributed by atoms with E-state index >= 15 is 0 Å². The van der Waals surface area contributed by atoms with Gasteiger partial charge in [-0.25, -0.2) is 4.98 Å². The number of aliphatic hydroxyl groups is 1. The Labute approximate surface area is 210 Å². The van der Waals surface area contributed by atoms with Crippen LogP contribution in [0.2, 0.25) is 0 Å². The molecule has 3 aromatic rings. The summed E-state index contributed by atoms with van der Waals surface area (Å²) in [4.78, 5) is 23.7. The number of benzene rings is 1.